The number of hydrogen-bond acceptors (Lipinski definition) is 5. The van der Waals surface area contributed by atoms with Gasteiger partial charge >= 0.3 is 0 Å². The highest BCUT2D eigenvalue weighted by Crippen LogP contribution is 2.30. The van der Waals surface area contributed by atoms with Gasteiger partial charge in [-0.25, -0.2) is 5.43 Å². The Morgan fingerprint density at radius 2 is 2.09 bits per heavy atom. The van der Waals surface area contributed by atoms with E-state index in [4.69, 9.17) is 11.6 Å². The Balaban J connectivity index is 2.19. The van der Waals surface area contributed by atoms with Crippen molar-refractivity contribution < 1.29 is 14.8 Å². The van der Waals surface area contributed by atoms with Gasteiger partial charge in [0, 0.05) is 16.7 Å². The molecule has 2 rings (SSSR count). The summed E-state index contributed by atoms with van der Waals surface area (Å²) in [6, 6.07) is 8.45. The fourth-order valence-electron chi connectivity index (χ4n) is 1.73. The lowest BCUT2D eigenvalue weighted by molar-refractivity contribution is -0.385. The molecule has 0 spiro atoms. The highest BCUT2D eigenvalue weighted by molar-refractivity contribution is 9.10. The summed E-state index contributed by atoms with van der Waals surface area (Å²) in [7, 11) is 0. The summed E-state index contributed by atoms with van der Waals surface area (Å²) >= 11 is 8.97. The van der Waals surface area contributed by atoms with Gasteiger partial charge in [0.25, 0.3) is 11.6 Å². The molecule has 0 aliphatic rings. The van der Waals surface area contributed by atoms with E-state index in [2.05, 4.69) is 26.5 Å². The summed E-state index contributed by atoms with van der Waals surface area (Å²) < 4.78 is 0.372. The maximum atomic E-state index is 12.0. The number of phenols is 1. The van der Waals surface area contributed by atoms with Gasteiger partial charge in [-0.15, -0.1) is 0 Å². The molecule has 0 aliphatic heterocycles. The molecule has 0 aliphatic carbocycles. The van der Waals surface area contributed by atoms with Crippen LogP contribution in [0.2, 0.25) is 5.02 Å². The second-order valence-corrected chi connectivity index (χ2v) is 5.59. The number of halogens is 2. The van der Waals surface area contributed by atoms with Crippen LogP contribution in [0.3, 0.4) is 0 Å². The average Bonchev–Trinajstić information content (AvgIpc) is 2.51. The van der Waals surface area contributed by atoms with Crippen molar-refractivity contribution in [2.75, 3.05) is 0 Å². The van der Waals surface area contributed by atoms with E-state index in [-0.39, 0.29) is 22.6 Å². The van der Waals surface area contributed by atoms with Crippen LogP contribution in [0.15, 0.2) is 46.0 Å². The molecule has 0 unspecified atom stereocenters. The first-order valence-corrected chi connectivity index (χ1v) is 7.32. The van der Waals surface area contributed by atoms with E-state index in [1.807, 2.05) is 0 Å². The minimum atomic E-state index is -0.742. The number of benzene rings is 2. The zero-order valence-corrected chi connectivity index (χ0v) is 13.7. The first-order chi connectivity index (χ1) is 10.9. The molecule has 0 atom stereocenters. The van der Waals surface area contributed by atoms with E-state index in [0.29, 0.717) is 9.50 Å². The molecule has 23 heavy (non-hydrogen) atoms. The van der Waals surface area contributed by atoms with Crippen LogP contribution < -0.4 is 5.43 Å². The third-order valence-corrected chi connectivity index (χ3v) is 3.60. The number of aromatic hydroxyl groups is 1. The van der Waals surface area contributed by atoms with Crippen LogP contribution in [0.4, 0.5) is 5.69 Å². The fraction of sp³-hybridized carbons (Fsp3) is 0. The smallest absolute Gasteiger partial charge is 0.282 e. The highest BCUT2D eigenvalue weighted by atomic mass is 79.9. The number of carbonyl (C=O) groups excluding carboxylic acids is 1. The minimum Gasteiger partial charge on any atom is -0.506 e. The standard InChI is InChI=1S/C14H9BrClN3O4/c15-11-6-9(16)5-8(13(11)20)7-17-18-14(21)10-3-1-2-4-12(10)19(22)23/h1-7,20H,(H,18,21)/b17-7+. The number of hydrogen-bond donors (Lipinski definition) is 2. The molecule has 118 valence electrons. The van der Waals surface area contributed by atoms with Gasteiger partial charge in [-0.2, -0.15) is 5.10 Å². The molecular formula is C14H9BrClN3O4. The molecule has 7 nitrogen and oxygen atoms in total. The van der Waals surface area contributed by atoms with Crippen molar-refractivity contribution in [1.82, 2.24) is 5.43 Å². The van der Waals surface area contributed by atoms with Crippen LogP contribution in [0, 0.1) is 10.1 Å². The quantitative estimate of drug-likeness (QED) is 0.467. The Morgan fingerprint density at radius 1 is 1.39 bits per heavy atom. The molecule has 2 aromatic rings. The van der Waals surface area contributed by atoms with Crippen LogP contribution in [0.5, 0.6) is 5.75 Å². The number of nitrogens with zero attached hydrogens (tertiary/aromatic N) is 2. The van der Waals surface area contributed by atoms with Gasteiger partial charge in [-0.1, -0.05) is 23.7 Å². The molecule has 9 heteroatoms. The lowest BCUT2D eigenvalue weighted by Gasteiger charge is -2.03. The molecule has 2 aromatic carbocycles. The van der Waals surface area contributed by atoms with E-state index >= 15 is 0 Å². The van der Waals surface area contributed by atoms with Crippen molar-refractivity contribution in [1.29, 1.82) is 0 Å². The van der Waals surface area contributed by atoms with Gasteiger partial charge < -0.3 is 5.11 Å². The third kappa shape index (κ3) is 4.05. The first kappa shape index (κ1) is 16.9. The maximum Gasteiger partial charge on any atom is 0.282 e. The summed E-state index contributed by atoms with van der Waals surface area (Å²) in [6.07, 6.45) is 1.18. The van der Waals surface area contributed by atoms with Gasteiger partial charge in [0.2, 0.25) is 0 Å². The Bertz CT molecular complexity index is 811. The number of rotatable bonds is 4. The van der Waals surface area contributed by atoms with Gasteiger partial charge in [0.15, 0.2) is 0 Å². The summed E-state index contributed by atoms with van der Waals surface area (Å²) in [5, 5.41) is 24.7. The van der Waals surface area contributed by atoms with Gasteiger partial charge in [-0.3, -0.25) is 14.9 Å². The van der Waals surface area contributed by atoms with Crippen molar-refractivity contribution in [3.05, 3.63) is 67.1 Å². The van der Waals surface area contributed by atoms with Gasteiger partial charge in [0.05, 0.1) is 15.6 Å². The number of nitrogens with one attached hydrogen (secondary N) is 1. The molecule has 2 N–H and O–H groups in total. The summed E-state index contributed by atoms with van der Waals surface area (Å²) in [6.45, 7) is 0. The second-order valence-electron chi connectivity index (χ2n) is 4.30. The zero-order chi connectivity index (χ0) is 17.0. The molecule has 1 amide bonds. The fourth-order valence-corrected chi connectivity index (χ4v) is 2.56. The zero-order valence-electron chi connectivity index (χ0n) is 11.4. The number of para-hydroxylation sites is 1. The van der Waals surface area contributed by atoms with Crippen molar-refractivity contribution in [2.45, 2.75) is 0 Å². The first-order valence-electron chi connectivity index (χ1n) is 6.15. The predicted octanol–water partition coefficient (Wildman–Crippen LogP) is 3.48. The molecule has 0 saturated carbocycles. The van der Waals surface area contributed by atoms with Crippen LogP contribution in [0.1, 0.15) is 15.9 Å². The highest BCUT2D eigenvalue weighted by Gasteiger charge is 2.18. The number of amides is 1. The molecule has 0 radical (unpaired) electrons. The topological polar surface area (TPSA) is 105 Å². The SMILES string of the molecule is O=C(N/N=C/c1cc(Cl)cc(Br)c1O)c1ccccc1[N+](=O)[O-]. The third-order valence-electron chi connectivity index (χ3n) is 2.77. The lowest BCUT2D eigenvalue weighted by Crippen LogP contribution is -2.18. The molecule has 0 bridgehead atoms. The Morgan fingerprint density at radius 3 is 2.78 bits per heavy atom. The van der Waals surface area contributed by atoms with Crippen molar-refractivity contribution in [3.63, 3.8) is 0 Å². The normalized spacial score (nSPS) is 10.7. The number of hydrazone groups is 1. The van der Waals surface area contributed by atoms with Crippen LogP contribution in [-0.2, 0) is 0 Å². The van der Waals surface area contributed by atoms with Crippen LogP contribution >= 0.6 is 27.5 Å². The summed E-state index contributed by atoms with van der Waals surface area (Å²) in [5.74, 6) is -0.841. The number of phenolic OH excluding ortho intramolecular Hbond substituents is 1. The maximum absolute atomic E-state index is 12.0. The molecule has 0 aromatic heterocycles. The average molecular weight is 399 g/mol. The largest absolute Gasteiger partial charge is 0.506 e. The Labute approximate surface area is 143 Å². The minimum absolute atomic E-state index is 0.0990. The monoisotopic (exact) mass is 397 g/mol. The van der Waals surface area contributed by atoms with Crippen LogP contribution in [-0.4, -0.2) is 22.2 Å². The summed E-state index contributed by atoms with van der Waals surface area (Å²) in [5.41, 5.74) is 1.99. The van der Waals surface area contributed by atoms with E-state index in [1.54, 1.807) is 0 Å². The van der Waals surface area contributed by atoms with Gasteiger partial charge in [0.1, 0.15) is 11.3 Å². The van der Waals surface area contributed by atoms with Crippen LogP contribution in [0.25, 0.3) is 0 Å². The summed E-state index contributed by atoms with van der Waals surface area (Å²) in [4.78, 5) is 22.2. The lowest BCUT2D eigenvalue weighted by atomic mass is 10.2. The molecule has 0 heterocycles. The van der Waals surface area contributed by atoms with Gasteiger partial charge in [-0.05, 0) is 34.1 Å². The molecule has 0 fully saturated rings. The Hall–Kier alpha value is -2.45. The predicted molar refractivity (Wildman–Crippen MR) is 89.0 cm³/mol. The number of carbonyl (C=O) groups is 1. The van der Waals surface area contributed by atoms with Crippen molar-refractivity contribution >= 4 is 45.3 Å². The second kappa shape index (κ2) is 7.21. The van der Waals surface area contributed by atoms with E-state index in [0.717, 1.165) is 0 Å². The van der Waals surface area contributed by atoms with Crippen molar-refractivity contribution in [3.8, 4) is 5.75 Å². The molecular weight excluding hydrogens is 390 g/mol. The number of nitro benzene ring substituents is 1. The van der Waals surface area contributed by atoms with Crippen molar-refractivity contribution in [2.24, 2.45) is 5.10 Å². The van der Waals surface area contributed by atoms with E-state index in [9.17, 15) is 20.0 Å². The Kier molecular flexibility index (Phi) is 5.30. The van der Waals surface area contributed by atoms with E-state index < -0.39 is 10.8 Å². The van der Waals surface area contributed by atoms with E-state index in [1.165, 1.54) is 42.6 Å². The molecule has 0 saturated heterocycles. The number of nitro groups is 1.